The molecule has 0 bridgehead atoms. The van der Waals surface area contributed by atoms with Crippen molar-refractivity contribution in [2.24, 2.45) is 0 Å². The molecule has 2 aromatic rings. The monoisotopic (exact) mass is 443 g/mol. The predicted octanol–water partition coefficient (Wildman–Crippen LogP) is 2.82. The van der Waals surface area contributed by atoms with Crippen LogP contribution in [-0.4, -0.2) is 43.9 Å². The van der Waals surface area contributed by atoms with Crippen LogP contribution in [0.2, 0.25) is 5.02 Å². The molecule has 2 aliphatic heterocycles. The van der Waals surface area contributed by atoms with E-state index in [4.69, 9.17) is 11.6 Å². The van der Waals surface area contributed by atoms with Gasteiger partial charge in [0.25, 0.3) is 5.91 Å². The van der Waals surface area contributed by atoms with Crippen molar-refractivity contribution in [2.45, 2.75) is 29.1 Å². The molecule has 0 radical (unpaired) electrons. The van der Waals surface area contributed by atoms with Crippen molar-refractivity contribution in [1.29, 1.82) is 0 Å². The number of sulfonamides is 1. The second-order valence-electron chi connectivity index (χ2n) is 6.54. The van der Waals surface area contributed by atoms with E-state index in [2.05, 4.69) is 4.72 Å². The molecule has 7 nitrogen and oxygen atoms in total. The van der Waals surface area contributed by atoms with Crippen molar-refractivity contribution in [3.05, 3.63) is 46.6 Å². The van der Waals surface area contributed by atoms with Gasteiger partial charge in [-0.25, -0.2) is 27.2 Å². The molecule has 148 valence electrons. The van der Waals surface area contributed by atoms with Crippen LogP contribution in [0.4, 0.5) is 14.9 Å². The fourth-order valence-electron chi connectivity index (χ4n) is 3.46. The lowest BCUT2D eigenvalue weighted by Crippen LogP contribution is -2.49. The third-order valence-electron chi connectivity index (χ3n) is 4.79. The van der Waals surface area contributed by atoms with Gasteiger partial charge in [0.2, 0.25) is 10.0 Å². The van der Waals surface area contributed by atoms with E-state index in [0.717, 1.165) is 22.3 Å². The molecule has 4 rings (SSSR count). The van der Waals surface area contributed by atoms with Crippen LogP contribution in [0.3, 0.4) is 0 Å². The third-order valence-corrected chi connectivity index (χ3v) is 8.00. The molecular weight excluding hydrogens is 429 g/mol. The summed E-state index contributed by atoms with van der Waals surface area (Å²) in [5.74, 6) is -1.13. The van der Waals surface area contributed by atoms with Crippen LogP contribution in [0, 0.1) is 5.82 Å². The van der Waals surface area contributed by atoms with E-state index in [1.807, 2.05) is 0 Å². The fourth-order valence-corrected chi connectivity index (χ4v) is 5.93. The van der Waals surface area contributed by atoms with Crippen molar-refractivity contribution in [3.63, 3.8) is 0 Å². The number of anilines is 1. The number of nitrogens with one attached hydrogen (secondary N) is 1. The summed E-state index contributed by atoms with van der Waals surface area (Å²) in [6.07, 6.45) is 0.554. The van der Waals surface area contributed by atoms with Crippen molar-refractivity contribution in [2.75, 3.05) is 11.4 Å². The van der Waals surface area contributed by atoms with Gasteiger partial charge in [0.1, 0.15) is 16.1 Å². The molecule has 2 saturated heterocycles. The van der Waals surface area contributed by atoms with Crippen LogP contribution >= 0.6 is 22.9 Å². The van der Waals surface area contributed by atoms with E-state index in [1.165, 1.54) is 23.1 Å². The molecular formula is C17H15ClFN3O4S2. The number of imide groups is 1. The van der Waals surface area contributed by atoms with Crippen molar-refractivity contribution in [3.8, 4) is 0 Å². The number of urea groups is 1. The van der Waals surface area contributed by atoms with Gasteiger partial charge in [0, 0.05) is 12.6 Å². The third kappa shape index (κ3) is 3.30. The second kappa shape index (κ2) is 7.11. The molecule has 3 amide bonds. The minimum absolute atomic E-state index is 0.167. The fraction of sp³-hybridized carbons (Fsp3) is 0.294. The molecule has 0 aliphatic carbocycles. The minimum atomic E-state index is -3.67. The smallest absolute Gasteiger partial charge is 0.312 e. The van der Waals surface area contributed by atoms with Crippen LogP contribution in [-0.2, 0) is 14.8 Å². The number of carbonyl (C=O) groups excluding carboxylic acids is 2. The van der Waals surface area contributed by atoms with Gasteiger partial charge >= 0.3 is 6.03 Å². The van der Waals surface area contributed by atoms with Gasteiger partial charge in [0.15, 0.2) is 0 Å². The van der Waals surface area contributed by atoms with Crippen molar-refractivity contribution < 1.29 is 22.4 Å². The zero-order valence-electron chi connectivity index (χ0n) is 14.3. The number of benzene rings is 1. The van der Waals surface area contributed by atoms with Gasteiger partial charge in [-0.3, -0.25) is 4.79 Å². The molecule has 0 spiro atoms. The first kappa shape index (κ1) is 19.3. The molecule has 2 atom stereocenters. The van der Waals surface area contributed by atoms with Gasteiger partial charge in [-0.05, 0) is 42.5 Å². The number of rotatable bonds is 4. The summed E-state index contributed by atoms with van der Waals surface area (Å²) in [5.41, 5.74) is 0.187. The number of hydrogen-bond acceptors (Lipinski definition) is 5. The maximum Gasteiger partial charge on any atom is 0.332 e. The van der Waals surface area contributed by atoms with E-state index in [0.29, 0.717) is 6.42 Å². The number of thiophene rings is 1. The Balaban J connectivity index is 1.54. The van der Waals surface area contributed by atoms with Gasteiger partial charge < -0.3 is 4.90 Å². The number of piperidine rings is 1. The quantitative estimate of drug-likeness (QED) is 0.736. The normalized spacial score (nSPS) is 22.6. The Labute approximate surface area is 169 Å². The van der Waals surface area contributed by atoms with E-state index in [1.54, 1.807) is 11.4 Å². The van der Waals surface area contributed by atoms with Gasteiger partial charge in [-0.1, -0.05) is 17.7 Å². The number of halogens is 2. The topological polar surface area (TPSA) is 86.8 Å². The summed E-state index contributed by atoms with van der Waals surface area (Å²) in [4.78, 5) is 27.9. The van der Waals surface area contributed by atoms with Crippen LogP contribution in [0.15, 0.2) is 39.9 Å². The summed E-state index contributed by atoms with van der Waals surface area (Å²) in [5, 5.41) is 1.48. The van der Waals surface area contributed by atoms with Crippen LogP contribution < -0.4 is 9.62 Å². The molecule has 11 heteroatoms. The summed E-state index contributed by atoms with van der Waals surface area (Å²) in [6.45, 7) is 0.234. The van der Waals surface area contributed by atoms with E-state index >= 15 is 0 Å². The standard InChI is InChI=1S/C17H15ClFN3O4S2/c18-12-9-11(3-4-13(12)19)22-16(23)14-8-10(5-6-21(14)17(22)24)20-28(25,26)15-2-1-7-27-15/h1-4,7,9-10,14,20H,5-6,8H2/t10-,14+/m1/s1. The first-order valence-electron chi connectivity index (χ1n) is 8.43. The van der Waals surface area contributed by atoms with Gasteiger partial charge in [-0.15, -0.1) is 11.3 Å². The van der Waals surface area contributed by atoms with Crippen LogP contribution in [0.25, 0.3) is 0 Å². The summed E-state index contributed by atoms with van der Waals surface area (Å²) >= 11 is 6.88. The Kier molecular flexibility index (Phi) is 4.90. The number of fused-ring (bicyclic) bond motifs is 1. The van der Waals surface area contributed by atoms with Crippen molar-refractivity contribution >= 4 is 50.6 Å². The van der Waals surface area contributed by atoms with Gasteiger partial charge in [0.05, 0.1) is 10.7 Å². The maximum atomic E-state index is 13.4. The average molecular weight is 444 g/mol. The zero-order valence-corrected chi connectivity index (χ0v) is 16.7. The van der Waals surface area contributed by atoms with Gasteiger partial charge in [-0.2, -0.15) is 0 Å². The molecule has 28 heavy (non-hydrogen) atoms. The minimum Gasteiger partial charge on any atom is -0.312 e. The highest BCUT2D eigenvalue weighted by Crippen LogP contribution is 2.33. The summed E-state index contributed by atoms with van der Waals surface area (Å²) in [6, 6.07) is 5.02. The largest absolute Gasteiger partial charge is 0.332 e. The highest BCUT2D eigenvalue weighted by molar-refractivity contribution is 7.91. The molecule has 0 unspecified atom stereocenters. The van der Waals surface area contributed by atoms with Crippen LogP contribution in [0.1, 0.15) is 12.8 Å². The number of hydrogen-bond donors (Lipinski definition) is 1. The Bertz CT molecular complexity index is 1040. The Morgan fingerprint density at radius 3 is 2.71 bits per heavy atom. The average Bonchev–Trinajstić information content (AvgIpc) is 3.26. The molecule has 1 aromatic heterocycles. The highest BCUT2D eigenvalue weighted by Gasteiger charge is 2.49. The molecule has 1 aromatic carbocycles. The molecule has 2 aliphatic rings. The maximum absolute atomic E-state index is 13.4. The lowest BCUT2D eigenvalue weighted by atomic mass is 9.99. The molecule has 1 N–H and O–H groups in total. The first-order valence-corrected chi connectivity index (χ1v) is 11.2. The SMILES string of the molecule is O=C1[C@@H]2C[C@H](NS(=O)(=O)c3cccs3)CCN2C(=O)N1c1ccc(F)c(Cl)c1. The Hall–Kier alpha value is -2.01. The second-order valence-corrected chi connectivity index (χ2v) is 9.83. The molecule has 3 heterocycles. The Morgan fingerprint density at radius 1 is 1.25 bits per heavy atom. The van der Waals surface area contributed by atoms with E-state index in [-0.39, 0.29) is 27.9 Å². The van der Waals surface area contributed by atoms with Crippen molar-refractivity contribution in [1.82, 2.24) is 9.62 Å². The predicted molar refractivity (Wildman–Crippen MR) is 102 cm³/mol. The lowest BCUT2D eigenvalue weighted by Gasteiger charge is -2.32. The van der Waals surface area contributed by atoms with Crippen LogP contribution in [0.5, 0.6) is 0 Å². The zero-order chi connectivity index (χ0) is 20.1. The molecule has 2 fully saturated rings. The first-order chi connectivity index (χ1) is 13.3. The Morgan fingerprint density at radius 2 is 2.04 bits per heavy atom. The summed E-state index contributed by atoms with van der Waals surface area (Å²) < 4.78 is 41.1. The van der Waals surface area contributed by atoms with E-state index in [9.17, 15) is 22.4 Å². The van der Waals surface area contributed by atoms with E-state index < -0.39 is 39.9 Å². The lowest BCUT2D eigenvalue weighted by molar-refractivity contribution is -0.120. The number of amides is 3. The number of carbonyl (C=O) groups is 2. The highest BCUT2D eigenvalue weighted by atomic mass is 35.5. The number of nitrogens with zero attached hydrogens (tertiary/aromatic N) is 2. The molecule has 0 saturated carbocycles. The summed E-state index contributed by atoms with van der Waals surface area (Å²) in [7, 11) is -3.67.